The van der Waals surface area contributed by atoms with Crippen molar-refractivity contribution in [2.24, 2.45) is 5.92 Å². The maximum absolute atomic E-state index is 13.9. The number of hydrogen-bond acceptors (Lipinski definition) is 4. The minimum Gasteiger partial charge on any atom is -0.496 e. The molecule has 0 fully saturated rings. The molecular formula is C20H25O4P. The number of carbonyl (C=O) groups is 1. The van der Waals surface area contributed by atoms with Gasteiger partial charge in [-0.2, -0.15) is 0 Å². The molecule has 4 nitrogen and oxygen atoms in total. The Kier molecular flexibility index (Phi) is 6.44. The standard InChI is InChI=1S/C20H25O4P/c1-15(2)13-14-25(22,16-9-6-5-7-10-16)20(21)19-17(23-3)11-8-12-18(19)24-4/h5-12,15H,13-14H2,1-4H3. The number of methoxy groups -OCH3 is 2. The second kappa shape index (κ2) is 8.35. The van der Waals surface area contributed by atoms with E-state index in [0.717, 1.165) is 0 Å². The Labute approximate surface area is 149 Å². The van der Waals surface area contributed by atoms with E-state index in [1.165, 1.54) is 14.2 Å². The fourth-order valence-corrected chi connectivity index (χ4v) is 5.51. The van der Waals surface area contributed by atoms with Crippen LogP contribution in [0.2, 0.25) is 0 Å². The van der Waals surface area contributed by atoms with Crippen LogP contribution in [0.5, 0.6) is 11.5 Å². The van der Waals surface area contributed by atoms with Gasteiger partial charge >= 0.3 is 0 Å². The van der Waals surface area contributed by atoms with Gasteiger partial charge in [-0.25, -0.2) is 0 Å². The molecule has 0 aliphatic rings. The highest BCUT2D eigenvalue weighted by Crippen LogP contribution is 2.51. The molecule has 5 heteroatoms. The first-order valence-electron chi connectivity index (χ1n) is 8.34. The molecule has 0 heterocycles. The highest BCUT2D eigenvalue weighted by Gasteiger charge is 2.37. The van der Waals surface area contributed by atoms with Crippen LogP contribution < -0.4 is 14.8 Å². The van der Waals surface area contributed by atoms with E-state index in [0.29, 0.717) is 35.3 Å². The number of hydrogen-bond donors (Lipinski definition) is 0. The van der Waals surface area contributed by atoms with Crippen LogP contribution in [0.1, 0.15) is 30.6 Å². The predicted octanol–water partition coefficient (Wildman–Crippen LogP) is 4.58. The van der Waals surface area contributed by atoms with E-state index in [1.807, 2.05) is 18.2 Å². The zero-order chi connectivity index (χ0) is 18.4. The normalized spacial score (nSPS) is 13.3. The van der Waals surface area contributed by atoms with Gasteiger partial charge < -0.3 is 14.0 Å². The molecule has 0 N–H and O–H groups in total. The maximum atomic E-state index is 13.9. The lowest BCUT2D eigenvalue weighted by Crippen LogP contribution is -2.18. The molecule has 2 rings (SSSR count). The van der Waals surface area contributed by atoms with Gasteiger partial charge in [0.05, 0.1) is 14.2 Å². The van der Waals surface area contributed by atoms with Gasteiger partial charge in [-0.1, -0.05) is 50.2 Å². The van der Waals surface area contributed by atoms with E-state index in [1.54, 1.807) is 30.3 Å². The monoisotopic (exact) mass is 360 g/mol. The van der Waals surface area contributed by atoms with Crippen molar-refractivity contribution in [3.63, 3.8) is 0 Å². The first kappa shape index (κ1) is 19.3. The molecular weight excluding hydrogens is 335 g/mol. The molecule has 134 valence electrons. The van der Waals surface area contributed by atoms with Gasteiger partial charge in [0.2, 0.25) is 5.52 Å². The smallest absolute Gasteiger partial charge is 0.233 e. The average molecular weight is 360 g/mol. The molecule has 1 atom stereocenters. The summed E-state index contributed by atoms with van der Waals surface area (Å²) in [6.07, 6.45) is 1.03. The SMILES string of the molecule is COc1cccc(OC)c1C(=O)P(=O)(CCC(C)C)c1ccccc1. The van der Waals surface area contributed by atoms with Gasteiger partial charge in [-0.05, 0) is 24.5 Å². The predicted molar refractivity (Wildman–Crippen MR) is 102 cm³/mol. The minimum atomic E-state index is -3.32. The lowest BCUT2D eigenvalue weighted by atomic mass is 10.2. The van der Waals surface area contributed by atoms with Crippen molar-refractivity contribution in [2.75, 3.05) is 20.4 Å². The number of ether oxygens (including phenoxy) is 2. The van der Waals surface area contributed by atoms with Crippen LogP contribution in [-0.4, -0.2) is 25.9 Å². The Morgan fingerprint density at radius 3 is 2.00 bits per heavy atom. The van der Waals surface area contributed by atoms with E-state index in [9.17, 15) is 9.36 Å². The van der Waals surface area contributed by atoms with E-state index in [4.69, 9.17) is 9.47 Å². The summed E-state index contributed by atoms with van der Waals surface area (Å²) in [5.41, 5.74) is -0.155. The molecule has 0 radical (unpaired) electrons. The third-order valence-electron chi connectivity index (χ3n) is 4.16. The summed E-state index contributed by atoms with van der Waals surface area (Å²) in [6, 6.07) is 14.1. The van der Waals surface area contributed by atoms with Crippen LogP contribution in [-0.2, 0) is 4.57 Å². The van der Waals surface area contributed by atoms with E-state index < -0.39 is 12.7 Å². The van der Waals surface area contributed by atoms with Gasteiger partial charge in [0.1, 0.15) is 17.1 Å². The Morgan fingerprint density at radius 1 is 0.960 bits per heavy atom. The van der Waals surface area contributed by atoms with E-state index >= 15 is 0 Å². The summed E-state index contributed by atoms with van der Waals surface area (Å²) in [5, 5.41) is 0.577. The Bertz CT molecular complexity index is 746. The summed E-state index contributed by atoms with van der Waals surface area (Å²) in [6.45, 7) is 4.12. The molecule has 0 aliphatic carbocycles. The second-order valence-corrected chi connectivity index (χ2v) is 9.17. The molecule has 0 bridgehead atoms. The van der Waals surface area contributed by atoms with Gasteiger partial charge in [0, 0.05) is 11.5 Å². The molecule has 0 aliphatic heterocycles. The fourth-order valence-electron chi connectivity index (χ4n) is 2.70. The summed E-state index contributed by atoms with van der Waals surface area (Å²) < 4.78 is 24.6. The van der Waals surface area contributed by atoms with Crippen molar-refractivity contribution >= 4 is 18.0 Å². The third-order valence-corrected chi connectivity index (χ3v) is 7.06. The fraction of sp³-hybridized carbons (Fsp3) is 0.350. The summed E-state index contributed by atoms with van der Waals surface area (Å²) in [7, 11) is -0.331. The zero-order valence-electron chi connectivity index (χ0n) is 15.2. The largest absolute Gasteiger partial charge is 0.496 e. The molecule has 0 saturated carbocycles. The number of rotatable bonds is 8. The Balaban J connectivity index is 2.59. The van der Waals surface area contributed by atoms with Gasteiger partial charge in [0.15, 0.2) is 7.14 Å². The van der Waals surface area contributed by atoms with Crippen LogP contribution in [0.25, 0.3) is 0 Å². The molecule has 0 spiro atoms. The van der Waals surface area contributed by atoms with E-state index in [-0.39, 0.29) is 5.56 Å². The van der Waals surface area contributed by atoms with Crippen molar-refractivity contribution < 1.29 is 18.8 Å². The molecule has 2 aromatic rings. The van der Waals surface area contributed by atoms with Crippen LogP contribution in [0, 0.1) is 5.92 Å². The van der Waals surface area contributed by atoms with E-state index in [2.05, 4.69) is 13.8 Å². The zero-order valence-corrected chi connectivity index (χ0v) is 16.1. The second-order valence-electron chi connectivity index (χ2n) is 6.32. The molecule has 2 aromatic carbocycles. The summed E-state index contributed by atoms with van der Waals surface area (Å²) >= 11 is 0. The molecule has 1 unspecified atom stereocenters. The summed E-state index contributed by atoms with van der Waals surface area (Å²) in [4.78, 5) is 13.4. The minimum absolute atomic E-state index is 0.253. The van der Waals surface area contributed by atoms with Crippen molar-refractivity contribution in [2.45, 2.75) is 20.3 Å². The van der Waals surface area contributed by atoms with Crippen LogP contribution in [0.3, 0.4) is 0 Å². The van der Waals surface area contributed by atoms with Crippen LogP contribution >= 0.6 is 7.14 Å². The molecule has 0 aromatic heterocycles. The summed E-state index contributed by atoms with van der Waals surface area (Å²) in [5.74, 6) is 1.11. The highest BCUT2D eigenvalue weighted by molar-refractivity contribution is 7.87. The van der Waals surface area contributed by atoms with Crippen molar-refractivity contribution in [3.05, 3.63) is 54.1 Å². The lowest BCUT2D eigenvalue weighted by molar-refractivity contribution is 0.107. The van der Waals surface area contributed by atoms with Crippen molar-refractivity contribution in [1.82, 2.24) is 0 Å². The quantitative estimate of drug-likeness (QED) is 0.647. The average Bonchev–Trinajstić information content (AvgIpc) is 2.65. The third kappa shape index (κ3) is 4.13. The lowest BCUT2D eigenvalue weighted by Gasteiger charge is -2.21. The van der Waals surface area contributed by atoms with Crippen LogP contribution in [0.4, 0.5) is 0 Å². The Morgan fingerprint density at radius 2 is 1.52 bits per heavy atom. The van der Waals surface area contributed by atoms with Gasteiger partial charge in [0.25, 0.3) is 0 Å². The first-order valence-corrected chi connectivity index (χ1v) is 10.2. The topological polar surface area (TPSA) is 52.6 Å². The molecule has 25 heavy (non-hydrogen) atoms. The molecule has 0 saturated heterocycles. The maximum Gasteiger partial charge on any atom is 0.233 e. The number of benzene rings is 2. The van der Waals surface area contributed by atoms with Gasteiger partial charge in [-0.3, -0.25) is 4.79 Å². The van der Waals surface area contributed by atoms with Crippen molar-refractivity contribution in [3.8, 4) is 11.5 Å². The van der Waals surface area contributed by atoms with Crippen molar-refractivity contribution in [1.29, 1.82) is 0 Å². The Hall–Kier alpha value is -2.06. The van der Waals surface area contributed by atoms with Crippen LogP contribution in [0.15, 0.2) is 48.5 Å². The first-order chi connectivity index (χ1) is 11.9. The molecule has 0 amide bonds. The number of carbonyl (C=O) groups excluding carboxylic acids is 1. The highest BCUT2D eigenvalue weighted by atomic mass is 31.2. The van der Waals surface area contributed by atoms with Gasteiger partial charge in [-0.15, -0.1) is 0 Å².